The fraction of sp³-hybridized carbons (Fsp3) is 0.273. The van der Waals surface area contributed by atoms with Crippen molar-refractivity contribution in [3.05, 3.63) is 29.8 Å². The third-order valence-corrected chi connectivity index (χ3v) is 2.64. The van der Waals surface area contributed by atoms with Crippen LogP contribution in [-0.2, 0) is 9.59 Å². The normalized spacial score (nSPS) is 18.7. The summed E-state index contributed by atoms with van der Waals surface area (Å²) in [5.74, 6) is -1.10. The first kappa shape index (κ1) is 10.6. The van der Waals surface area contributed by atoms with E-state index in [2.05, 4.69) is 5.32 Å². The largest absolute Gasteiger partial charge is 0.480 e. The molecule has 84 valence electrons. The first-order valence-corrected chi connectivity index (χ1v) is 4.93. The number of carbonyl (C=O) groups excluding carboxylic acids is 1. The molecule has 0 saturated heterocycles. The number of para-hydroxylation sites is 1. The number of benzene rings is 1. The average Bonchev–Trinajstić information content (AvgIpc) is 2.50. The van der Waals surface area contributed by atoms with Gasteiger partial charge in [0.2, 0.25) is 5.91 Å². The van der Waals surface area contributed by atoms with E-state index in [0.717, 1.165) is 11.3 Å². The van der Waals surface area contributed by atoms with E-state index >= 15 is 0 Å². The number of hydrogen-bond donors (Lipinski definition) is 2. The van der Waals surface area contributed by atoms with Gasteiger partial charge in [-0.3, -0.25) is 14.9 Å². The standard InChI is InChI=1S/C11H12N2O3/c1-13-8-5-3-2-4-7(8)10(11(13)16)12-6-9(14)15/h2-5,10,12H,6H2,1H3,(H,14,15). The maximum Gasteiger partial charge on any atom is 0.317 e. The van der Waals surface area contributed by atoms with Crippen molar-refractivity contribution < 1.29 is 14.7 Å². The lowest BCUT2D eigenvalue weighted by atomic mass is 10.1. The molecule has 0 saturated carbocycles. The molecule has 0 aromatic heterocycles. The number of amides is 1. The lowest BCUT2D eigenvalue weighted by molar-refractivity contribution is -0.136. The minimum atomic E-state index is -0.972. The summed E-state index contributed by atoms with van der Waals surface area (Å²) in [4.78, 5) is 23.9. The van der Waals surface area contributed by atoms with Crippen LogP contribution in [0, 0.1) is 0 Å². The molecule has 1 aliphatic rings. The third kappa shape index (κ3) is 1.65. The van der Waals surface area contributed by atoms with Crippen molar-refractivity contribution in [1.82, 2.24) is 5.32 Å². The first-order chi connectivity index (χ1) is 7.61. The molecule has 0 spiro atoms. The number of carbonyl (C=O) groups is 2. The van der Waals surface area contributed by atoms with Gasteiger partial charge >= 0.3 is 5.97 Å². The Morgan fingerprint density at radius 2 is 2.19 bits per heavy atom. The van der Waals surface area contributed by atoms with E-state index in [4.69, 9.17) is 5.11 Å². The number of carboxylic acid groups (broad SMARTS) is 1. The van der Waals surface area contributed by atoms with E-state index in [-0.39, 0.29) is 12.5 Å². The lowest BCUT2D eigenvalue weighted by Crippen LogP contribution is -2.35. The van der Waals surface area contributed by atoms with Gasteiger partial charge in [0.1, 0.15) is 6.04 Å². The highest BCUT2D eigenvalue weighted by atomic mass is 16.4. The highest BCUT2D eigenvalue weighted by molar-refractivity contribution is 6.04. The van der Waals surface area contributed by atoms with Crippen molar-refractivity contribution in [2.45, 2.75) is 6.04 Å². The van der Waals surface area contributed by atoms with Crippen molar-refractivity contribution in [1.29, 1.82) is 0 Å². The molecule has 1 heterocycles. The second-order valence-electron chi connectivity index (χ2n) is 3.66. The fourth-order valence-electron chi connectivity index (χ4n) is 1.87. The molecule has 0 aliphatic carbocycles. The number of nitrogens with zero attached hydrogens (tertiary/aromatic N) is 1. The van der Waals surface area contributed by atoms with Crippen LogP contribution in [0.1, 0.15) is 11.6 Å². The highest BCUT2D eigenvalue weighted by Crippen LogP contribution is 2.34. The summed E-state index contributed by atoms with van der Waals surface area (Å²) >= 11 is 0. The molecule has 2 rings (SSSR count). The molecule has 0 fully saturated rings. The van der Waals surface area contributed by atoms with E-state index in [1.807, 2.05) is 24.3 Å². The zero-order valence-corrected chi connectivity index (χ0v) is 8.80. The van der Waals surface area contributed by atoms with Gasteiger partial charge in [-0.15, -0.1) is 0 Å². The summed E-state index contributed by atoms with van der Waals surface area (Å²) in [6.07, 6.45) is 0. The van der Waals surface area contributed by atoms with E-state index in [9.17, 15) is 9.59 Å². The monoisotopic (exact) mass is 220 g/mol. The van der Waals surface area contributed by atoms with E-state index in [1.165, 1.54) is 4.90 Å². The van der Waals surface area contributed by atoms with Crippen LogP contribution in [0.25, 0.3) is 0 Å². The quantitative estimate of drug-likeness (QED) is 0.772. The maximum absolute atomic E-state index is 11.8. The zero-order valence-electron chi connectivity index (χ0n) is 8.80. The van der Waals surface area contributed by atoms with E-state index in [1.54, 1.807) is 7.05 Å². The van der Waals surface area contributed by atoms with Crippen LogP contribution in [0.15, 0.2) is 24.3 Å². The van der Waals surface area contributed by atoms with Gasteiger partial charge in [-0.05, 0) is 6.07 Å². The summed E-state index contributed by atoms with van der Waals surface area (Å²) in [7, 11) is 1.68. The zero-order chi connectivity index (χ0) is 11.7. The topological polar surface area (TPSA) is 69.6 Å². The predicted molar refractivity (Wildman–Crippen MR) is 58.2 cm³/mol. The van der Waals surface area contributed by atoms with Gasteiger partial charge in [-0.25, -0.2) is 0 Å². The van der Waals surface area contributed by atoms with E-state index < -0.39 is 12.0 Å². The molecule has 1 atom stereocenters. The van der Waals surface area contributed by atoms with Crippen molar-refractivity contribution in [2.24, 2.45) is 0 Å². The Morgan fingerprint density at radius 3 is 2.88 bits per heavy atom. The summed E-state index contributed by atoms with van der Waals surface area (Å²) in [6.45, 7) is -0.224. The summed E-state index contributed by atoms with van der Waals surface area (Å²) in [5, 5.41) is 11.3. The lowest BCUT2D eigenvalue weighted by Gasteiger charge is -2.11. The van der Waals surface area contributed by atoms with Gasteiger partial charge in [-0.1, -0.05) is 18.2 Å². The van der Waals surface area contributed by atoms with Crippen LogP contribution in [-0.4, -0.2) is 30.6 Å². The number of nitrogens with one attached hydrogen (secondary N) is 1. The summed E-state index contributed by atoms with van der Waals surface area (Å²) < 4.78 is 0. The van der Waals surface area contributed by atoms with Crippen molar-refractivity contribution in [2.75, 3.05) is 18.5 Å². The van der Waals surface area contributed by atoms with Crippen LogP contribution >= 0.6 is 0 Å². The number of hydrogen-bond acceptors (Lipinski definition) is 3. The number of carboxylic acids is 1. The number of rotatable bonds is 3. The minimum Gasteiger partial charge on any atom is -0.480 e. The van der Waals surface area contributed by atoms with Crippen LogP contribution in [0.5, 0.6) is 0 Å². The molecular weight excluding hydrogens is 208 g/mol. The van der Waals surface area contributed by atoms with Gasteiger partial charge in [0.25, 0.3) is 0 Å². The Hall–Kier alpha value is -1.88. The molecule has 1 aliphatic heterocycles. The SMILES string of the molecule is CN1C(=O)C(NCC(=O)O)c2ccccc21. The maximum atomic E-state index is 11.8. The second kappa shape index (κ2) is 3.94. The van der Waals surface area contributed by atoms with Gasteiger partial charge in [0, 0.05) is 18.3 Å². The van der Waals surface area contributed by atoms with Gasteiger partial charge in [0.05, 0.1) is 6.54 Å². The van der Waals surface area contributed by atoms with Crippen LogP contribution in [0.3, 0.4) is 0 Å². The Bertz CT molecular complexity index is 445. The first-order valence-electron chi connectivity index (χ1n) is 4.93. The molecule has 16 heavy (non-hydrogen) atoms. The van der Waals surface area contributed by atoms with Gasteiger partial charge in [-0.2, -0.15) is 0 Å². The third-order valence-electron chi connectivity index (χ3n) is 2.64. The Morgan fingerprint density at radius 1 is 1.50 bits per heavy atom. The number of likely N-dealkylation sites (N-methyl/N-ethyl adjacent to an activating group) is 1. The van der Waals surface area contributed by atoms with Crippen LogP contribution in [0.4, 0.5) is 5.69 Å². The van der Waals surface area contributed by atoms with Gasteiger partial charge in [0.15, 0.2) is 0 Å². The van der Waals surface area contributed by atoms with Gasteiger partial charge < -0.3 is 10.0 Å². The highest BCUT2D eigenvalue weighted by Gasteiger charge is 2.34. The Labute approximate surface area is 92.7 Å². The van der Waals surface area contributed by atoms with Crippen LogP contribution < -0.4 is 10.2 Å². The molecule has 5 heteroatoms. The molecule has 1 unspecified atom stereocenters. The number of anilines is 1. The molecule has 0 radical (unpaired) electrons. The fourth-order valence-corrected chi connectivity index (χ4v) is 1.87. The number of aliphatic carboxylic acids is 1. The summed E-state index contributed by atoms with van der Waals surface area (Å²) in [6, 6.07) is 6.81. The molecule has 1 aromatic carbocycles. The van der Waals surface area contributed by atoms with Crippen molar-refractivity contribution in [3.8, 4) is 0 Å². The molecule has 1 aromatic rings. The Balaban J connectivity index is 2.27. The molecule has 5 nitrogen and oxygen atoms in total. The smallest absolute Gasteiger partial charge is 0.317 e. The van der Waals surface area contributed by atoms with E-state index in [0.29, 0.717) is 0 Å². The Kier molecular flexibility index (Phi) is 2.62. The molecule has 2 N–H and O–H groups in total. The van der Waals surface area contributed by atoms with Crippen LogP contribution in [0.2, 0.25) is 0 Å². The molecule has 1 amide bonds. The molecule has 0 bridgehead atoms. The minimum absolute atomic E-state index is 0.123. The summed E-state index contributed by atoms with van der Waals surface area (Å²) in [5.41, 5.74) is 1.66. The van der Waals surface area contributed by atoms with Crippen molar-refractivity contribution >= 4 is 17.6 Å². The average molecular weight is 220 g/mol. The van der Waals surface area contributed by atoms with Crippen molar-refractivity contribution in [3.63, 3.8) is 0 Å². The predicted octanol–water partition coefficient (Wildman–Crippen LogP) is 0.378. The number of fused-ring (bicyclic) bond motifs is 1. The molecular formula is C11H12N2O3. The second-order valence-corrected chi connectivity index (χ2v) is 3.66.